The van der Waals surface area contributed by atoms with Crippen LogP contribution in [0.15, 0.2) is 89.8 Å². The van der Waals surface area contributed by atoms with Crippen LogP contribution in [0, 0.1) is 0 Å². The molecule has 4 heteroatoms. The largest absolute Gasteiger partial charge is 0.223 e. The lowest BCUT2D eigenvalue weighted by atomic mass is 10.1. The van der Waals surface area contributed by atoms with E-state index in [4.69, 9.17) is 11.6 Å². The van der Waals surface area contributed by atoms with Gasteiger partial charge in [0.15, 0.2) is 9.84 Å². The zero-order chi connectivity index (χ0) is 17.7. The van der Waals surface area contributed by atoms with Crippen molar-refractivity contribution in [1.29, 1.82) is 0 Å². The normalized spacial score (nSPS) is 11.7. The smallest absolute Gasteiger partial charge is 0.182 e. The summed E-state index contributed by atoms with van der Waals surface area (Å²) in [5, 5.41) is 0.654. The van der Waals surface area contributed by atoms with E-state index in [0.717, 1.165) is 16.7 Å². The molecular weight excluding hydrogens is 352 g/mol. The van der Waals surface area contributed by atoms with Crippen LogP contribution in [-0.2, 0) is 9.84 Å². The first-order valence-electron chi connectivity index (χ1n) is 7.85. The third kappa shape index (κ3) is 4.38. The van der Waals surface area contributed by atoms with Crippen molar-refractivity contribution in [2.24, 2.45) is 0 Å². The maximum atomic E-state index is 12.8. The summed E-state index contributed by atoms with van der Waals surface area (Å²) in [6.07, 6.45) is 3.46. The summed E-state index contributed by atoms with van der Waals surface area (Å²) in [6.45, 7) is 0. The fourth-order valence-electron chi connectivity index (χ4n) is 2.57. The molecule has 0 unspecified atom stereocenters. The van der Waals surface area contributed by atoms with Gasteiger partial charge in [-0.15, -0.1) is 0 Å². The van der Waals surface area contributed by atoms with E-state index in [9.17, 15) is 8.42 Å². The molecule has 0 aliphatic carbocycles. The first kappa shape index (κ1) is 17.5. The number of benzene rings is 3. The second kappa shape index (κ2) is 7.68. The molecule has 0 saturated heterocycles. The molecule has 0 aromatic heterocycles. The van der Waals surface area contributed by atoms with Crippen molar-refractivity contribution in [2.45, 2.75) is 4.90 Å². The van der Waals surface area contributed by atoms with Crippen molar-refractivity contribution in [2.75, 3.05) is 5.75 Å². The maximum absolute atomic E-state index is 12.8. The summed E-state index contributed by atoms with van der Waals surface area (Å²) in [5.41, 5.74) is 2.53. The van der Waals surface area contributed by atoms with Gasteiger partial charge in [0.2, 0.25) is 0 Å². The van der Waals surface area contributed by atoms with Crippen molar-refractivity contribution in [3.63, 3.8) is 0 Å². The molecule has 126 valence electrons. The first-order chi connectivity index (χ1) is 12.1. The second-order valence-corrected chi connectivity index (χ2v) is 8.04. The van der Waals surface area contributed by atoms with Gasteiger partial charge in [-0.1, -0.05) is 84.4 Å². The second-order valence-electron chi connectivity index (χ2n) is 5.60. The highest BCUT2D eigenvalue weighted by Crippen LogP contribution is 2.28. The van der Waals surface area contributed by atoms with Crippen molar-refractivity contribution >= 4 is 27.5 Å². The third-order valence-electron chi connectivity index (χ3n) is 3.80. The molecule has 0 aliphatic heterocycles. The van der Waals surface area contributed by atoms with E-state index >= 15 is 0 Å². The Morgan fingerprint density at radius 2 is 1.44 bits per heavy atom. The molecule has 0 fully saturated rings. The van der Waals surface area contributed by atoms with Gasteiger partial charge in [0, 0.05) is 10.6 Å². The van der Waals surface area contributed by atoms with Crippen LogP contribution in [0.2, 0.25) is 5.02 Å². The number of rotatable bonds is 5. The monoisotopic (exact) mass is 368 g/mol. The first-order valence-corrected chi connectivity index (χ1v) is 9.89. The van der Waals surface area contributed by atoms with E-state index in [2.05, 4.69) is 0 Å². The lowest BCUT2D eigenvalue weighted by molar-refractivity contribution is 0.599. The summed E-state index contributed by atoms with van der Waals surface area (Å²) in [4.78, 5) is 0.349. The van der Waals surface area contributed by atoms with E-state index in [1.807, 2.05) is 54.6 Å². The van der Waals surface area contributed by atoms with E-state index in [1.54, 1.807) is 36.4 Å². The van der Waals surface area contributed by atoms with Gasteiger partial charge in [0.1, 0.15) is 0 Å². The SMILES string of the molecule is O=S(=O)(CC=Cc1ccc(Cl)cc1)c1ccccc1-c1ccccc1. The highest BCUT2D eigenvalue weighted by molar-refractivity contribution is 7.91. The van der Waals surface area contributed by atoms with E-state index in [-0.39, 0.29) is 5.75 Å². The molecule has 0 spiro atoms. The predicted molar refractivity (Wildman–Crippen MR) is 104 cm³/mol. The summed E-state index contributed by atoms with van der Waals surface area (Å²) in [5.74, 6) is -0.0561. The average Bonchev–Trinajstić information content (AvgIpc) is 2.64. The van der Waals surface area contributed by atoms with Gasteiger partial charge in [0.05, 0.1) is 10.6 Å². The van der Waals surface area contributed by atoms with Gasteiger partial charge in [-0.05, 0) is 29.3 Å². The zero-order valence-electron chi connectivity index (χ0n) is 13.5. The summed E-state index contributed by atoms with van der Waals surface area (Å²) in [6, 6.07) is 23.9. The standard InChI is InChI=1S/C21H17ClO2S/c22-19-14-12-17(13-15-19)7-6-16-25(23,24)21-11-5-4-10-20(21)18-8-2-1-3-9-18/h1-15H,16H2. The fraction of sp³-hybridized carbons (Fsp3) is 0.0476. The average molecular weight is 369 g/mol. The molecule has 0 saturated carbocycles. The van der Waals surface area contributed by atoms with Crippen LogP contribution in [0.3, 0.4) is 0 Å². The quantitative estimate of drug-likeness (QED) is 0.596. The Morgan fingerprint density at radius 3 is 2.16 bits per heavy atom. The van der Waals surface area contributed by atoms with E-state index < -0.39 is 9.84 Å². The lowest BCUT2D eigenvalue weighted by Crippen LogP contribution is -2.06. The molecule has 2 nitrogen and oxygen atoms in total. The number of halogens is 1. The van der Waals surface area contributed by atoms with Gasteiger partial charge >= 0.3 is 0 Å². The Kier molecular flexibility index (Phi) is 5.37. The maximum Gasteiger partial charge on any atom is 0.182 e. The van der Waals surface area contributed by atoms with Gasteiger partial charge in [0.25, 0.3) is 0 Å². The molecule has 3 rings (SSSR count). The highest BCUT2D eigenvalue weighted by atomic mass is 35.5. The topological polar surface area (TPSA) is 34.1 Å². The Bertz CT molecular complexity index is 976. The van der Waals surface area contributed by atoms with Crippen molar-refractivity contribution in [3.05, 3.63) is 95.5 Å². The summed E-state index contributed by atoms with van der Waals surface area (Å²) >= 11 is 5.85. The molecule has 0 radical (unpaired) electrons. The molecule has 25 heavy (non-hydrogen) atoms. The van der Waals surface area contributed by atoms with Crippen molar-refractivity contribution in [3.8, 4) is 11.1 Å². The van der Waals surface area contributed by atoms with Crippen molar-refractivity contribution in [1.82, 2.24) is 0 Å². The van der Waals surface area contributed by atoms with E-state index in [0.29, 0.717) is 9.92 Å². The Hall–Kier alpha value is -2.36. The van der Waals surface area contributed by atoms with Crippen LogP contribution in [0.1, 0.15) is 5.56 Å². The molecule has 0 aliphatic rings. The molecule has 3 aromatic carbocycles. The number of sulfone groups is 1. The molecule has 3 aromatic rings. The van der Waals surface area contributed by atoms with E-state index in [1.165, 1.54) is 0 Å². The van der Waals surface area contributed by atoms with Gasteiger partial charge < -0.3 is 0 Å². The zero-order valence-corrected chi connectivity index (χ0v) is 15.0. The molecule has 0 bridgehead atoms. The Balaban J connectivity index is 1.87. The van der Waals surface area contributed by atoms with Gasteiger partial charge in [-0.2, -0.15) is 0 Å². The molecule has 0 heterocycles. The van der Waals surface area contributed by atoms with Gasteiger partial charge in [-0.3, -0.25) is 0 Å². The minimum absolute atomic E-state index is 0.0561. The van der Waals surface area contributed by atoms with Crippen molar-refractivity contribution < 1.29 is 8.42 Å². The Morgan fingerprint density at radius 1 is 0.800 bits per heavy atom. The number of hydrogen-bond acceptors (Lipinski definition) is 2. The minimum atomic E-state index is -3.43. The van der Waals surface area contributed by atoms with Crippen LogP contribution in [0.4, 0.5) is 0 Å². The lowest BCUT2D eigenvalue weighted by Gasteiger charge is -2.09. The molecular formula is C21H17ClO2S. The fourth-order valence-corrected chi connectivity index (χ4v) is 4.03. The van der Waals surface area contributed by atoms with Crippen LogP contribution < -0.4 is 0 Å². The van der Waals surface area contributed by atoms with Crippen LogP contribution in [-0.4, -0.2) is 14.2 Å². The highest BCUT2D eigenvalue weighted by Gasteiger charge is 2.17. The number of hydrogen-bond donors (Lipinski definition) is 0. The van der Waals surface area contributed by atoms with Crippen LogP contribution >= 0.6 is 11.6 Å². The summed E-state index contributed by atoms with van der Waals surface area (Å²) in [7, 11) is -3.43. The van der Waals surface area contributed by atoms with Gasteiger partial charge in [-0.25, -0.2) is 8.42 Å². The Labute approximate surface area is 153 Å². The molecule has 0 N–H and O–H groups in total. The summed E-state index contributed by atoms with van der Waals surface area (Å²) < 4.78 is 25.6. The molecule has 0 amide bonds. The third-order valence-corrected chi connectivity index (χ3v) is 5.71. The van der Waals surface area contributed by atoms with Crippen LogP contribution in [0.25, 0.3) is 17.2 Å². The predicted octanol–water partition coefficient (Wildman–Crippen LogP) is 5.49. The van der Waals surface area contributed by atoms with Crippen LogP contribution in [0.5, 0.6) is 0 Å². The molecule has 0 atom stereocenters. The minimum Gasteiger partial charge on any atom is -0.223 e.